The number of piperidine rings is 1. The Bertz CT molecular complexity index is 612. The summed E-state index contributed by atoms with van der Waals surface area (Å²) in [6, 6.07) is 7.97. The largest absolute Gasteiger partial charge is 0.487 e. The van der Waals surface area contributed by atoms with E-state index >= 15 is 0 Å². The van der Waals surface area contributed by atoms with E-state index in [1.165, 1.54) is 5.57 Å². The van der Waals surface area contributed by atoms with Gasteiger partial charge in [-0.1, -0.05) is 35.9 Å². The molecule has 5 nitrogen and oxygen atoms in total. The lowest BCUT2D eigenvalue weighted by molar-refractivity contribution is 0.217. The van der Waals surface area contributed by atoms with Gasteiger partial charge in [0.2, 0.25) is 0 Å². The van der Waals surface area contributed by atoms with Crippen molar-refractivity contribution in [1.82, 2.24) is 15.5 Å². The summed E-state index contributed by atoms with van der Waals surface area (Å²) in [6.45, 7) is 11.9. The molecule has 0 aliphatic carbocycles. The fourth-order valence-corrected chi connectivity index (χ4v) is 3.22. The zero-order valence-electron chi connectivity index (χ0n) is 16.1. The van der Waals surface area contributed by atoms with Crippen LogP contribution in [0.4, 0.5) is 0 Å². The zero-order valence-corrected chi connectivity index (χ0v) is 16.9. The number of hydrogen-bond acceptors (Lipinski definition) is 3. The Morgan fingerprint density at radius 3 is 2.69 bits per heavy atom. The minimum Gasteiger partial charge on any atom is -0.487 e. The Morgan fingerprint density at radius 1 is 1.38 bits per heavy atom. The van der Waals surface area contributed by atoms with Gasteiger partial charge in [0.15, 0.2) is 5.96 Å². The van der Waals surface area contributed by atoms with Crippen molar-refractivity contribution in [2.75, 3.05) is 33.2 Å². The van der Waals surface area contributed by atoms with Gasteiger partial charge in [0.05, 0.1) is 11.6 Å². The molecule has 0 spiro atoms. The van der Waals surface area contributed by atoms with Crippen LogP contribution in [0.3, 0.4) is 0 Å². The van der Waals surface area contributed by atoms with E-state index in [4.69, 9.17) is 16.3 Å². The quantitative estimate of drug-likeness (QED) is 0.434. The first-order valence-corrected chi connectivity index (χ1v) is 9.61. The molecule has 1 atom stereocenters. The van der Waals surface area contributed by atoms with Crippen molar-refractivity contribution >= 4 is 17.6 Å². The lowest BCUT2D eigenvalue weighted by atomic mass is 10.0. The van der Waals surface area contributed by atoms with Crippen molar-refractivity contribution in [3.05, 3.63) is 41.4 Å². The number of nitrogens with one attached hydrogen (secondary N) is 2. The fraction of sp³-hybridized carbons (Fsp3) is 0.550. The third kappa shape index (κ3) is 6.89. The van der Waals surface area contributed by atoms with Crippen LogP contribution in [0.15, 0.2) is 41.4 Å². The number of benzene rings is 1. The lowest BCUT2D eigenvalue weighted by Crippen LogP contribution is -2.50. The number of para-hydroxylation sites is 1. The minimum atomic E-state index is -0.0223. The van der Waals surface area contributed by atoms with Crippen LogP contribution in [0.1, 0.15) is 26.7 Å². The molecule has 6 heteroatoms. The average Bonchev–Trinajstić information content (AvgIpc) is 2.61. The van der Waals surface area contributed by atoms with Crippen molar-refractivity contribution in [2.24, 2.45) is 4.99 Å². The highest BCUT2D eigenvalue weighted by Crippen LogP contribution is 2.24. The highest BCUT2D eigenvalue weighted by atomic mass is 35.5. The van der Waals surface area contributed by atoms with Crippen LogP contribution in [0.2, 0.25) is 5.02 Å². The monoisotopic (exact) mass is 378 g/mol. The summed E-state index contributed by atoms with van der Waals surface area (Å²) < 4.78 is 5.89. The van der Waals surface area contributed by atoms with Crippen molar-refractivity contribution < 1.29 is 4.74 Å². The molecule has 144 valence electrons. The maximum absolute atomic E-state index is 6.14. The zero-order chi connectivity index (χ0) is 18.9. The average molecular weight is 379 g/mol. The summed E-state index contributed by atoms with van der Waals surface area (Å²) in [7, 11) is 1.80. The maximum atomic E-state index is 6.14. The van der Waals surface area contributed by atoms with Crippen molar-refractivity contribution in [1.29, 1.82) is 0 Å². The van der Waals surface area contributed by atoms with Crippen molar-refractivity contribution in [3.63, 3.8) is 0 Å². The Labute approximate surface area is 162 Å². The third-order valence-electron chi connectivity index (χ3n) is 4.37. The Kier molecular flexibility index (Phi) is 8.26. The second-order valence-electron chi connectivity index (χ2n) is 6.96. The number of ether oxygens (including phenoxy) is 1. The Hall–Kier alpha value is -1.72. The Balaban J connectivity index is 1.73. The molecule has 1 aliphatic heterocycles. The fourth-order valence-electron chi connectivity index (χ4n) is 3.04. The van der Waals surface area contributed by atoms with E-state index in [2.05, 4.69) is 34.0 Å². The van der Waals surface area contributed by atoms with Crippen LogP contribution in [0.25, 0.3) is 0 Å². The van der Waals surface area contributed by atoms with Crippen LogP contribution in [0.5, 0.6) is 5.75 Å². The van der Waals surface area contributed by atoms with E-state index in [-0.39, 0.29) is 6.10 Å². The first-order chi connectivity index (χ1) is 12.5. The molecule has 1 aromatic rings. The van der Waals surface area contributed by atoms with Gasteiger partial charge in [-0.3, -0.25) is 9.89 Å². The molecule has 2 rings (SSSR count). The summed E-state index contributed by atoms with van der Waals surface area (Å²) in [6.07, 6.45) is 2.20. The number of halogens is 1. The standard InChI is InChI=1S/C20H31ClN4O/c1-15(2)14-25-11-9-17(10-12-25)24-20(22-4)23-13-16(3)26-19-8-6-5-7-18(19)21/h5-8,16-17H,1,9-14H2,2-4H3,(H2,22,23,24). The number of nitrogens with zero attached hydrogens (tertiary/aromatic N) is 2. The molecule has 2 N–H and O–H groups in total. The molecule has 1 saturated heterocycles. The molecule has 0 radical (unpaired) electrons. The lowest BCUT2D eigenvalue weighted by Gasteiger charge is -2.33. The molecule has 0 bridgehead atoms. The predicted octanol–water partition coefficient (Wildman–Crippen LogP) is 3.31. The molecule has 26 heavy (non-hydrogen) atoms. The van der Waals surface area contributed by atoms with Gasteiger partial charge in [0.25, 0.3) is 0 Å². The van der Waals surface area contributed by atoms with Gasteiger partial charge in [0, 0.05) is 32.7 Å². The smallest absolute Gasteiger partial charge is 0.191 e. The van der Waals surface area contributed by atoms with E-state index in [1.807, 2.05) is 31.2 Å². The van der Waals surface area contributed by atoms with Gasteiger partial charge in [-0.15, -0.1) is 0 Å². The van der Waals surface area contributed by atoms with Gasteiger partial charge in [-0.2, -0.15) is 0 Å². The number of aliphatic imine (C=N–C) groups is 1. The molecule has 0 saturated carbocycles. The van der Waals surface area contributed by atoms with Gasteiger partial charge < -0.3 is 15.4 Å². The van der Waals surface area contributed by atoms with Crippen molar-refractivity contribution in [2.45, 2.75) is 38.8 Å². The summed E-state index contributed by atoms with van der Waals surface area (Å²) in [4.78, 5) is 6.79. The highest BCUT2D eigenvalue weighted by molar-refractivity contribution is 6.32. The van der Waals surface area contributed by atoms with E-state index in [0.29, 0.717) is 23.4 Å². The summed E-state index contributed by atoms with van der Waals surface area (Å²) >= 11 is 6.14. The molecule has 1 heterocycles. The van der Waals surface area contributed by atoms with Gasteiger partial charge in [-0.05, 0) is 38.8 Å². The second-order valence-corrected chi connectivity index (χ2v) is 7.37. The first-order valence-electron chi connectivity index (χ1n) is 9.23. The van der Waals surface area contributed by atoms with Crippen LogP contribution < -0.4 is 15.4 Å². The topological polar surface area (TPSA) is 48.9 Å². The number of rotatable bonds is 7. The van der Waals surface area contributed by atoms with E-state index in [1.54, 1.807) is 7.05 Å². The molecular formula is C20H31ClN4O. The molecule has 0 amide bonds. The third-order valence-corrected chi connectivity index (χ3v) is 4.68. The van der Waals surface area contributed by atoms with Crippen LogP contribution in [-0.2, 0) is 0 Å². The van der Waals surface area contributed by atoms with Crippen molar-refractivity contribution in [3.8, 4) is 5.75 Å². The normalized spacial score (nSPS) is 17.6. The molecular weight excluding hydrogens is 348 g/mol. The Morgan fingerprint density at radius 2 is 2.08 bits per heavy atom. The highest BCUT2D eigenvalue weighted by Gasteiger charge is 2.20. The SMILES string of the molecule is C=C(C)CN1CCC(NC(=NC)NCC(C)Oc2ccccc2Cl)CC1. The summed E-state index contributed by atoms with van der Waals surface area (Å²) in [5, 5.41) is 7.49. The molecule has 0 aromatic heterocycles. The van der Waals surface area contributed by atoms with Gasteiger partial charge in [-0.25, -0.2) is 0 Å². The molecule has 1 fully saturated rings. The summed E-state index contributed by atoms with van der Waals surface area (Å²) in [5.41, 5.74) is 1.22. The molecule has 1 unspecified atom stereocenters. The first kappa shape index (κ1) is 20.6. The molecule has 1 aliphatic rings. The number of likely N-dealkylation sites (tertiary alicyclic amines) is 1. The van der Waals surface area contributed by atoms with Crippen LogP contribution in [0, 0.1) is 0 Å². The van der Waals surface area contributed by atoms with Gasteiger partial charge in [0.1, 0.15) is 11.9 Å². The van der Waals surface area contributed by atoms with E-state index in [9.17, 15) is 0 Å². The number of guanidine groups is 1. The van der Waals surface area contributed by atoms with Crippen LogP contribution in [-0.4, -0.2) is 56.2 Å². The maximum Gasteiger partial charge on any atom is 0.191 e. The summed E-state index contributed by atoms with van der Waals surface area (Å²) in [5.74, 6) is 1.52. The predicted molar refractivity (Wildman–Crippen MR) is 110 cm³/mol. The number of hydrogen-bond donors (Lipinski definition) is 2. The van der Waals surface area contributed by atoms with Crippen LogP contribution >= 0.6 is 11.6 Å². The van der Waals surface area contributed by atoms with E-state index < -0.39 is 0 Å². The van der Waals surface area contributed by atoms with E-state index in [0.717, 1.165) is 38.4 Å². The van der Waals surface area contributed by atoms with Gasteiger partial charge >= 0.3 is 0 Å². The minimum absolute atomic E-state index is 0.0223. The second kappa shape index (κ2) is 10.4. The molecule has 1 aromatic carbocycles.